The molecule has 30 heavy (non-hydrogen) atoms. The Hall–Kier alpha value is -2.00. The fraction of sp³-hybridized carbons (Fsp3) is 0.350. The van der Waals surface area contributed by atoms with Gasteiger partial charge in [0.2, 0.25) is 15.9 Å². The van der Waals surface area contributed by atoms with Crippen molar-refractivity contribution in [3.8, 4) is 11.5 Å². The molecule has 7 nitrogen and oxygen atoms in total. The molecule has 2 aromatic rings. The molecule has 1 saturated heterocycles. The van der Waals surface area contributed by atoms with Gasteiger partial charge in [0.15, 0.2) is 0 Å². The van der Waals surface area contributed by atoms with Crippen LogP contribution >= 0.6 is 23.2 Å². The van der Waals surface area contributed by atoms with E-state index in [1.807, 2.05) is 0 Å². The van der Waals surface area contributed by atoms with Crippen molar-refractivity contribution in [2.24, 2.45) is 5.92 Å². The summed E-state index contributed by atoms with van der Waals surface area (Å²) in [6.45, 7) is 0.343. The van der Waals surface area contributed by atoms with Crippen LogP contribution in [0.15, 0.2) is 41.3 Å². The molecule has 2 aromatic carbocycles. The van der Waals surface area contributed by atoms with Gasteiger partial charge in [0.25, 0.3) is 0 Å². The molecule has 1 fully saturated rings. The Morgan fingerprint density at radius 2 is 1.83 bits per heavy atom. The molecule has 1 aliphatic heterocycles. The van der Waals surface area contributed by atoms with Crippen LogP contribution in [0.4, 0.5) is 5.69 Å². The predicted octanol–water partition coefficient (Wildman–Crippen LogP) is 4.05. The van der Waals surface area contributed by atoms with Gasteiger partial charge in [-0.25, -0.2) is 8.42 Å². The highest BCUT2D eigenvalue weighted by atomic mass is 35.5. The standard InChI is InChI=1S/C20H22Cl2N2O5S/c1-28-14-8-9-17(29-2)18(11-14)30(26,27)24-10-4-5-13(12-24)20(25)23-19-15(21)6-3-7-16(19)22/h3,6-9,11,13H,4-5,10,12H2,1-2H3,(H,23,25)/t13-/m1/s1. The molecule has 0 saturated carbocycles. The van der Waals surface area contributed by atoms with Crippen LogP contribution in [-0.4, -0.2) is 45.9 Å². The van der Waals surface area contributed by atoms with Gasteiger partial charge in [-0.15, -0.1) is 0 Å². The summed E-state index contributed by atoms with van der Waals surface area (Å²) in [6, 6.07) is 9.50. The molecule has 0 aliphatic carbocycles. The summed E-state index contributed by atoms with van der Waals surface area (Å²) in [5, 5.41) is 3.37. The van der Waals surface area contributed by atoms with Gasteiger partial charge in [0.05, 0.1) is 35.9 Å². The maximum Gasteiger partial charge on any atom is 0.246 e. The van der Waals surface area contributed by atoms with E-state index in [0.29, 0.717) is 40.9 Å². The molecule has 1 N–H and O–H groups in total. The van der Waals surface area contributed by atoms with Gasteiger partial charge in [-0.3, -0.25) is 4.79 Å². The SMILES string of the molecule is COc1ccc(OC)c(S(=O)(=O)N2CCC[C@@H](C(=O)Nc3c(Cl)cccc3Cl)C2)c1. The first-order valence-electron chi connectivity index (χ1n) is 9.25. The Morgan fingerprint density at radius 1 is 1.13 bits per heavy atom. The zero-order chi connectivity index (χ0) is 21.9. The number of sulfonamides is 1. The van der Waals surface area contributed by atoms with E-state index < -0.39 is 15.9 Å². The fourth-order valence-corrected chi connectivity index (χ4v) is 5.53. The molecule has 1 atom stereocenters. The number of para-hydroxylation sites is 1. The molecule has 1 heterocycles. The van der Waals surface area contributed by atoms with Gasteiger partial charge in [-0.1, -0.05) is 29.3 Å². The van der Waals surface area contributed by atoms with Crippen molar-refractivity contribution < 1.29 is 22.7 Å². The summed E-state index contributed by atoms with van der Waals surface area (Å²) < 4.78 is 38.3. The number of halogens is 2. The number of amides is 1. The van der Waals surface area contributed by atoms with Crippen molar-refractivity contribution in [2.45, 2.75) is 17.7 Å². The van der Waals surface area contributed by atoms with E-state index in [2.05, 4.69) is 5.32 Å². The van der Waals surface area contributed by atoms with Crippen LogP contribution in [0, 0.1) is 5.92 Å². The molecule has 0 aromatic heterocycles. The lowest BCUT2D eigenvalue weighted by Gasteiger charge is -2.31. The van der Waals surface area contributed by atoms with Gasteiger partial charge in [0.1, 0.15) is 16.4 Å². The van der Waals surface area contributed by atoms with Crippen LogP contribution in [0.2, 0.25) is 10.0 Å². The maximum atomic E-state index is 13.3. The average Bonchev–Trinajstić information content (AvgIpc) is 2.75. The van der Waals surface area contributed by atoms with E-state index >= 15 is 0 Å². The lowest BCUT2D eigenvalue weighted by molar-refractivity contribution is -0.120. The van der Waals surface area contributed by atoms with Gasteiger partial charge in [-0.2, -0.15) is 4.31 Å². The minimum Gasteiger partial charge on any atom is -0.497 e. The third kappa shape index (κ3) is 4.67. The molecule has 162 valence electrons. The smallest absolute Gasteiger partial charge is 0.246 e. The Kier molecular flexibility index (Phi) is 7.13. The predicted molar refractivity (Wildman–Crippen MR) is 116 cm³/mol. The van der Waals surface area contributed by atoms with Crippen LogP contribution in [0.1, 0.15) is 12.8 Å². The minimum atomic E-state index is -3.90. The Balaban J connectivity index is 1.83. The number of piperidine rings is 1. The van der Waals surface area contributed by atoms with Crippen LogP contribution in [0.25, 0.3) is 0 Å². The Bertz CT molecular complexity index is 1030. The molecule has 10 heteroatoms. The second kappa shape index (κ2) is 9.43. The van der Waals surface area contributed by atoms with Crippen molar-refractivity contribution in [3.05, 3.63) is 46.4 Å². The number of rotatable bonds is 6. The summed E-state index contributed by atoms with van der Waals surface area (Å²) in [4.78, 5) is 12.8. The average molecular weight is 473 g/mol. The van der Waals surface area contributed by atoms with E-state index in [4.69, 9.17) is 32.7 Å². The van der Waals surface area contributed by atoms with Crippen LogP contribution in [0.3, 0.4) is 0 Å². The zero-order valence-electron chi connectivity index (χ0n) is 16.5. The van der Waals surface area contributed by atoms with E-state index in [1.54, 1.807) is 30.3 Å². The lowest BCUT2D eigenvalue weighted by atomic mass is 9.98. The molecule has 0 spiro atoms. The van der Waals surface area contributed by atoms with Crippen LogP contribution in [0.5, 0.6) is 11.5 Å². The molecule has 0 bridgehead atoms. The molecular formula is C20H22Cl2N2O5S. The number of nitrogens with one attached hydrogen (secondary N) is 1. The van der Waals surface area contributed by atoms with Gasteiger partial charge < -0.3 is 14.8 Å². The molecular weight excluding hydrogens is 451 g/mol. The van der Waals surface area contributed by atoms with Crippen molar-refractivity contribution in [2.75, 3.05) is 32.6 Å². The second-order valence-corrected chi connectivity index (χ2v) is 9.53. The normalized spacial score (nSPS) is 17.4. The monoisotopic (exact) mass is 472 g/mol. The number of hydrogen-bond donors (Lipinski definition) is 1. The van der Waals surface area contributed by atoms with Gasteiger partial charge >= 0.3 is 0 Å². The largest absolute Gasteiger partial charge is 0.497 e. The maximum absolute atomic E-state index is 13.3. The number of carbonyl (C=O) groups is 1. The van der Waals surface area contributed by atoms with Crippen molar-refractivity contribution in [1.29, 1.82) is 0 Å². The highest BCUT2D eigenvalue weighted by molar-refractivity contribution is 7.89. The Morgan fingerprint density at radius 3 is 2.47 bits per heavy atom. The number of anilines is 1. The topological polar surface area (TPSA) is 84.9 Å². The first kappa shape index (κ1) is 22.7. The lowest BCUT2D eigenvalue weighted by Crippen LogP contribution is -2.43. The van der Waals surface area contributed by atoms with Crippen LogP contribution < -0.4 is 14.8 Å². The van der Waals surface area contributed by atoms with Crippen molar-refractivity contribution >= 4 is 44.8 Å². The first-order valence-corrected chi connectivity index (χ1v) is 11.4. The number of carbonyl (C=O) groups excluding carboxylic acids is 1. The number of methoxy groups -OCH3 is 2. The highest BCUT2D eigenvalue weighted by Crippen LogP contribution is 2.34. The summed E-state index contributed by atoms with van der Waals surface area (Å²) in [7, 11) is -1.04. The number of hydrogen-bond acceptors (Lipinski definition) is 5. The molecule has 1 amide bonds. The summed E-state index contributed by atoms with van der Waals surface area (Å²) in [5.41, 5.74) is 0.320. The summed E-state index contributed by atoms with van der Waals surface area (Å²) in [5.74, 6) is -0.265. The quantitative estimate of drug-likeness (QED) is 0.685. The highest BCUT2D eigenvalue weighted by Gasteiger charge is 2.35. The van der Waals surface area contributed by atoms with Crippen LogP contribution in [-0.2, 0) is 14.8 Å². The first-order chi connectivity index (χ1) is 14.3. The molecule has 0 unspecified atom stereocenters. The zero-order valence-corrected chi connectivity index (χ0v) is 18.9. The van der Waals surface area contributed by atoms with Gasteiger partial charge in [0, 0.05) is 19.2 Å². The van der Waals surface area contributed by atoms with E-state index in [-0.39, 0.29) is 23.1 Å². The number of ether oxygens (including phenoxy) is 2. The van der Waals surface area contributed by atoms with E-state index in [0.717, 1.165) is 0 Å². The molecule has 3 rings (SSSR count). The molecule has 0 radical (unpaired) electrons. The van der Waals surface area contributed by atoms with E-state index in [9.17, 15) is 13.2 Å². The third-order valence-electron chi connectivity index (χ3n) is 4.95. The van der Waals surface area contributed by atoms with Crippen molar-refractivity contribution in [3.63, 3.8) is 0 Å². The third-order valence-corrected chi connectivity index (χ3v) is 7.47. The van der Waals surface area contributed by atoms with Crippen molar-refractivity contribution in [1.82, 2.24) is 4.31 Å². The fourth-order valence-electron chi connectivity index (χ4n) is 3.34. The summed E-state index contributed by atoms with van der Waals surface area (Å²) >= 11 is 12.2. The summed E-state index contributed by atoms with van der Waals surface area (Å²) in [6.07, 6.45) is 1.09. The Labute approximate surface area is 185 Å². The second-order valence-electron chi connectivity index (χ2n) is 6.80. The van der Waals surface area contributed by atoms with E-state index in [1.165, 1.54) is 24.6 Å². The van der Waals surface area contributed by atoms with Gasteiger partial charge in [-0.05, 0) is 37.1 Å². The number of nitrogens with zero attached hydrogens (tertiary/aromatic N) is 1. The molecule has 1 aliphatic rings. The number of benzene rings is 2. The minimum absolute atomic E-state index is 0.000411.